The standard InChI is InChI=1S/C18H22ClNO2/c19-15-1-3-16(4-2-15)22-11-17(21)20-18-8-12-5-13(9-18)7-14(6-12)10-18/h1-4,12-14H,5-11H2,(H,20,21). The van der Waals surface area contributed by atoms with Crippen molar-refractivity contribution in [1.82, 2.24) is 5.32 Å². The van der Waals surface area contributed by atoms with E-state index in [4.69, 9.17) is 16.3 Å². The number of hydrogen-bond acceptors (Lipinski definition) is 2. The van der Waals surface area contributed by atoms with Gasteiger partial charge in [0.15, 0.2) is 6.61 Å². The first kappa shape index (κ1) is 14.4. The lowest BCUT2D eigenvalue weighted by molar-refractivity contribution is -0.128. The number of amides is 1. The molecule has 4 heteroatoms. The molecule has 1 aromatic carbocycles. The summed E-state index contributed by atoms with van der Waals surface area (Å²) in [4.78, 5) is 12.3. The summed E-state index contributed by atoms with van der Waals surface area (Å²) < 4.78 is 5.57. The molecule has 0 saturated heterocycles. The van der Waals surface area contributed by atoms with Crippen LogP contribution in [0.3, 0.4) is 0 Å². The zero-order valence-corrected chi connectivity index (χ0v) is 13.4. The maximum atomic E-state index is 12.3. The van der Waals surface area contributed by atoms with Gasteiger partial charge in [-0.15, -0.1) is 0 Å². The van der Waals surface area contributed by atoms with Crippen molar-refractivity contribution >= 4 is 17.5 Å². The first-order valence-corrected chi connectivity index (χ1v) is 8.67. The minimum Gasteiger partial charge on any atom is -0.484 e. The third-order valence-electron chi connectivity index (χ3n) is 5.63. The Labute approximate surface area is 136 Å². The van der Waals surface area contributed by atoms with Gasteiger partial charge in [-0.3, -0.25) is 4.79 Å². The zero-order chi connectivity index (χ0) is 15.2. The minimum atomic E-state index is 0.0110. The summed E-state index contributed by atoms with van der Waals surface area (Å²) in [5.74, 6) is 3.21. The van der Waals surface area contributed by atoms with E-state index in [9.17, 15) is 4.79 Å². The van der Waals surface area contributed by atoms with Crippen molar-refractivity contribution in [3.63, 3.8) is 0 Å². The number of rotatable bonds is 4. The predicted molar refractivity (Wildman–Crippen MR) is 86.0 cm³/mol. The van der Waals surface area contributed by atoms with E-state index in [1.54, 1.807) is 24.3 Å². The van der Waals surface area contributed by atoms with E-state index in [2.05, 4.69) is 5.32 Å². The summed E-state index contributed by atoms with van der Waals surface area (Å²) in [6.07, 6.45) is 7.67. The van der Waals surface area contributed by atoms with Crippen molar-refractivity contribution in [2.75, 3.05) is 6.61 Å². The van der Waals surface area contributed by atoms with E-state index in [1.807, 2.05) is 0 Å². The lowest BCUT2D eigenvalue weighted by Crippen LogP contribution is -2.60. The summed E-state index contributed by atoms with van der Waals surface area (Å²) in [6, 6.07) is 7.13. The van der Waals surface area contributed by atoms with Gasteiger partial charge in [-0.2, -0.15) is 0 Å². The van der Waals surface area contributed by atoms with E-state index in [0.29, 0.717) is 10.8 Å². The maximum Gasteiger partial charge on any atom is 0.258 e. The molecule has 0 spiro atoms. The summed E-state index contributed by atoms with van der Waals surface area (Å²) >= 11 is 5.84. The average Bonchev–Trinajstić information content (AvgIpc) is 2.44. The Morgan fingerprint density at radius 3 is 2.18 bits per heavy atom. The molecule has 4 bridgehead atoms. The molecule has 118 valence electrons. The van der Waals surface area contributed by atoms with Gasteiger partial charge in [0.05, 0.1) is 0 Å². The van der Waals surface area contributed by atoms with Gasteiger partial charge < -0.3 is 10.1 Å². The largest absolute Gasteiger partial charge is 0.484 e. The smallest absolute Gasteiger partial charge is 0.258 e. The fourth-order valence-corrected chi connectivity index (χ4v) is 5.40. The first-order valence-electron chi connectivity index (χ1n) is 8.30. The van der Waals surface area contributed by atoms with Crippen molar-refractivity contribution in [2.45, 2.75) is 44.1 Å². The van der Waals surface area contributed by atoms with Gasteiger partial charge in [0.1, 0.15) is 5.75 Å². The summed E-state index contributed by atoms with van der Waals surface area (Å²) in [5.41, 5.74) is 0.0647. The molecule has 0 aliphatic heterocycles. The van der Waals surface area contributed by atoms with Crippen LogP contribution in [0, 0.1) is 17.8 Å². The number of carbonyl (C=O) groups is 1. The maximum absolute atomic E-state index is 12.3. The van der Waals surface area contributed by atoms with Crippen LogP contribution in [0.15, 0.2) is 24.3 Å². The molecule has 4 aliphatic rings. The normalized spacial score (nSPS) is 35.4. The summed E-state index contributed by atoms with van der Waals surface area (Å²) in [7, 11) is 0. The number of benzene rings is 1. The molecule has 22 heavy (non-hydrogen) atoms. The number of carbonyl (C=O) groups excluding carboxylic acids is 1. The number of halogens is 1. The van der Waals surface area contributed by atoms with E-state index in [0.717, 1.165) is 17.8 Å². The van der Waals surface area contributed by atoms with Crippen LogP contribution in [0.5, 0.6) is 5.75 Å². The molecular weight excluding hydrogens is 298 g/mol. The Hall–Kier alpha value is -1.22. The van der Waals surface area contributed by atoms with Crippen molar-refractivity contribution in [2.24, 2.45) is 17.8 Å². The monoisotopic (exact) mass is 319 g/mol. The molecule has 0 radical (unpaired) electrons. The molecule has 4 saturated carbocycles. The van der Waals surface area contributed by atoms with Crippen LogP contribution < -0.4 is 10.1 Å². The van der Waals surface area contributed by atoms with Crippen LogP contribution in [-0.2, 0) is 4.79 Å². The lowest BCUT2D eigenvalue weighted by atomic mass is 9.53. The lowest BCUT2D eigenvalue weighted by Gasteiger charge is -2.56. The fraction of sp³-hybridized carbons (Fsp3) is 0.611. The van der Waals surface area contributed by atoms with Crippen LogP contribution in [0.2, 0.25) is 5.02 Å². The molecule has 0 aromatic heterocycles. The number of ether oxygens (including phenoxy) is 1. The first-order chi connectivity index (χ1) is 10.6. The third-order valence-corrected chi connectivity index (χ3v) is 5.88. The molecular formula is C18H22ClNO2. The Bertz CT molecular complexity index is 534. The molecule has 1 amide bonds. The van der Waals surface area contributed by atoms with E-state index >= 15 is 0 Å². The van der Waals surface area contributed by atoms with Crippen LogP contribution in [-0.4, -0.2) is 18.1 Å². The van der Waals surface area contributed by atoms with E-state index < -0.39 is 0 Å². The quantitative estimate of drug-likeness (QED) is 0.916. The van der Waals surface area contributed by atoms with Gasteiger partial charge in [-0.25, -0.2) is 0 Å². The topological polar surface area (TPSA) is 38.3 Å². The van der Waals surface area contributed by atoms with Gasteiger partial charge in [0.2, 0.25) is 0 Å². The Kier molecular flexibility index (Phi) is 3.56. The molecule has 0 unspecified atom stereocenters. The SMILES string of the molecule is O=C(COc1ccc(Cl)cc1)NC12CC3CC(CC(C3)C1)C2. The van der Waals surface area contributed by atoms with Crippen molar-refractivity contribution in [3.05, 3.63) is 29.3 Å². The van der Waals surface area contributed by atoms with Crippen LogP contribution in [0.4, 0.5) is 0 Å². The highest BCUT2D eigenvalue weighted by Crippen LogP contribution is 2.55. The highest BCUT2D eigenvalue weighted by Gasteiger charge is 2.51. The number of nitrogens with one attached hydrogen (secondary N) is 1. The minimum absolute atomic E-state index is 0.0110. The van der Waals surface area contributed by atoms with Crippen molar-refractivity contribution < 1.29 is 9.53 Å². The number of hydrogen-bond donors (Lipinski definition) is 1. The summed E-state index contributed by atoms with van der Waals surface area (Å²) in [5, 5.41) is 3.99. The Morgan fingerprint density at radius 1 is 1.09 bits per heavy atom. The van der Waals surface area contributed by atoms with E-state index in [-0.39, 0.29) is 18.1 Å². The highest BCUT2D eigenvalue weighted by atomic mass is 35.5. The second-order valence-electron chi connectivity index (χ2n) is 7.49. The molecule has 1 N–H and O–H groups in total. The van der Waals surface area contributed by atoms with Crippen LogP contribution in [0.1, 0.15) is 38.5 Å². The molecule has 4 fully saturated rings. The second kappa shape index (κ2) is 5.45. The predicted octanol–water partition coefficient (Wildman–Crippen LogP) is 3.80. The van der Waals surface area contributed by atoms with E-state index in [1.165, 1.54) is 38.5 Å². The third kappa shape index (κ3) is 2.83. The fourth-order valence-electron chi connectivity index (χ4n) is 5.28. The highest BCUT2D eigenvalue weighted by molar-refractivity contribution is 6.30. The van der Waals surface area contributed by atoms with Crippen LogP contribution in [0.25, 0.3) is 0 Å². The molecule has 3 nitrogen and oxygen atoms in total. The average molecular weight is 320 g/mol. The zero-order valence-electron chi connectivity index (χ0n) is 12.7. The Morgan fingerprint density at radius 2 is 1.64 bits per heavy atom. The second-order valence-corrected chi connectivity index (χ2v) is 7.93. The summed E-state index contributed by atoms with van der Waals surface area (Å²) in [6.45, 7) is 0.0867. The van der Waals surface area contributed by atoms with Gasteiger partial charge in [0.25, 0.3) is 5.91 Å². The molecule has 0 heterocycles. The van der Waals surface area contributed by atoms with Gasteiger partial charge in [0, 0.05) is 10.6 Å². The molecule has 4 aliphatic carbocycles. The molecule has 5 rings (SSSR count). The molecule has 1 aromatic rings. The Balaban J connectivity index is 1.35. The van der Waals surface area contributed by atoms with Crippen LogP contribution >= 0.6 is 11.6 Å². The van der Waals surface area contributed by atoms with Crippen molar-refractivity contribution in [3.8, 4) is 5.75 Å². The van der Waals surface area contributed by atoms with Gasteiger partial charge in [-0.1, -0.05) is 11.6 Å². The van der Waals surface area contributed by atoms with Crippen molar-refractivity contribution in [1.29, 1.82) is 0 Å². The van der Waals surface area contributed by atoms with Gasteiger partial charge >= 0.3 is 0 Å². The van der Waals surface area contributed by atoms with Gasteiger partial charge in [-0.05, 0) is 80.5 Å². The molecule has 0 atom stereocenters.